The van der Waals surface area contributed by atoms with E-state index in [0.717, 1.165) is 23.7 Å². The van der Waals surface area contributed by atoms with Crippen LogP contribution in [0.4, 0.5) is 10.8 Å². The maximum Gasteiger partial charge on any atom is 0.190 e. The van der Waals surface area contributed by atoms with Crippen molar-refractivity contribution in [3.8, 4) is 0 Å². The van der Waals surface area contributed by atoms with Crippen molar-refractivity contribution in [1.29, 1.82) is 0 Å². The molecular formula is C26H38N2S. The van der Waals surface area contributed by atoms with Gasteiger partial charge in [-0.15, -0.1) is 11.3 Å². The van der Waals surface area contributed by atoms with Gasteiger partial charge in [-0.2, -0.15) is 0 Å². The Balaban J connectivity index is 2.11. The van der Waals surface area contributed by atoms with Crippen LogP contribution < -0.4 is 4.90 Å². The van der Waals surface area contributed by atoms with Crippen LogP contribution in [-0.2, 0) is 10.8 Å². The van der Waals surface area contributed by atoms with Crippen molar-refractivity contribution >= 4 is 27.7 Å². The van der Waals surface area contributed by atoms with Crippen molar-refractivity contribution in [2.24, 2.45) is 11.8 Å². The summed E-state index contributed by atoms with van der Waals surface area (Å²) in [6, 6.07) is 8.81. The van der Waals surface area contributed by atoms with E-state index in [1.165, 1.54) is 28.2 Å². The van der Waals surface area contributed by atoms with Gasteiger partial charge in [0.25, 0.3) is 0 Å². The van der Waals surface area contributed by atoms with Crippen molar-refractivity contribution in [2.45, 2.75) is 79.1 Å². The third-order valence-electron chi connectivity index (χ3n) is 6.86. The number of hydrogen-bond donors (Lipinski definition) is 0. The van der Waals surface area contributed by atoms with E-state index in [2.05, 4.69) is 91.1 Å². The van der Waals surface area contributed by atoms with Crippen LogP contribution in [0.2, 0.25) is 0 Å². The highest BCUT2D eigenvalue weighted by molar-refractivity contribution is 7.16. The number of allylic oxidation sites excluding steroid dienone is 1. The monoisotopic (exact) mass is 410 g/mol. The van der Waals surface area contributed by atoms with Gasteiger partial charge in [0.05, 0.1) is 5.69 Å². The number of aromatic nitrogens is 1. The lowest BCUT2D eigenvalue weighted by molar-refractivity contribution is 0.208. The van der Waals surface area contributed by atoms with Crippen LogP contribution in [0.25, 0.3) is 5.57 Å². The Morgan fingerprint density at radius 2 is 1.86 bits per heavy atom. The molecule has 2 atom stereocenters. The summed E-state index contributed by atoms with van der Waals surface area (Å²) < 4.78 is 0. The molecule has 2 nitrogen and oxygen atoms in total. The molecule has 0 fully saturated rings. The zero-order chi connectivity index (χ0) is 21.6. The van der Waals surface area contributed by atoms with Crippen LogP contribution in [0.3, 0.4) is 0 Å². The predicted molar refractivity (Wildman–Crippen MR) is 130 cm³/mol. The first-order valence-electron chi connectivity index (χ1n) is 11.0. The predicted octanol–water partition coefficient (Wildman–Crippen LogP) is 7.96. The maximum absolute atomic E-state index is 5.34. The summed E-state index contributed by atoms with van der Waals surface area (Å²) in [6.45, 7) is 23.6. The van der Waals surface area contributed by atoms with E-state index in [0.29, 0.717) is 11.8 Å². The highest BCUT2D eigenvalue weighted by Crippen LogP contribution is 2.54. The Morgan fingerprint density at radius 3 is 2.38 bits per heavy atom. The summed E-state index contributed by atoms with van der Waals surface area (Å²) in [5.74, 6) is 1.19. The third-order valence-corrected chi connectivity index (χ3v) is 8.30. The fourth-order valence-electron chi connectivity index (χ4n) is 4.69. The molecule has 1 aliphatic carbocycles. The first-order valence-corrected chi connectivity index (χ1v) is 11.9. The first kappa shape index (κ1) is 22.1. The minimum Gasteiger partial charge on any atom is -0.318 e. The Hall–Kier alpha value is -1.61. The van der Waals surface area contributed by atoms with Crippen LogP contribution in [0, 0.1) is 11.8 Å². The van der Waals surface area contributed by atoms with E-state index in [1.807, 2.05) is 11.3 Å². The SMILES string of the molecule is C=C(C)c1ccc(N(CC(C)C)c2nc3c(s2)C(C)(C)CC(C)C3(C)CC)cc1. The van der Waals surface area contributed by atoms with Crippen molar-refractivity contribution in [1.82, 2.24) is 4.98 Å². The number of rotatable bonds is 6. The molecule has 0 radical (unpaired) electrons. The van der Waals surface area contributed by atoms with E-state index in [-0.39, 0.29) is 10.8 Å². The van der Waals surface area contributed by atoms with E-state index < -0.39 is 0 Å². The highest BCUT2D eigenvalue weighted by Gasteiger charge is 2.47. The van der Waals surface area contributed by atoms with E-state index >= 15 is 0 Å². The van der Waals surface area contributed by atoms with Gasteiger partial charge in [-0.3, -0.25) is 0 Å². The number of benzene rings is 1. The molecule has 29 heavy (non-hydrogen) atoms. The molecule has 0 spiro atoms. The zero-order valence-corrected chi connectivity index (χ0v) is 20.4. The Labute approximate surface area is 182 Å². The topological polar surface area (TPSA) is 16.1 Å². The normalized spacial score (nSPS) is 23.1. The van der Waals surface area contributed by atoms with Crippen molar-refractivity contribution in [3.63, 3.8) is 0 Å². The second-order valence-corrected chi connectivity index (χ2v) is 11.2. The maximum atomic E-state index is 5.34. The first-order chi connectivity index (χ1) is 13.5. The smallest absolute Gasteiger partial charge is 0.190 e. The molecule has 0 aliphatic heterocycles. The molecule has 3 rings (SSSR count). The summed E-state index contributed by atoms with van der Waals surface area (Å²) in [7, 11) is 0. The number of thiazole rings is 1. The lowest BCUT2D eigenvalue weighted by Crippen LogP contribution is -2.41. The minimum absolute atomic E-state index is 0.160. The molecule has 2 unspecified atom stereocenters. The molecule has 1 heterocycles. The van der Waals surface area contributed by atoms with Gasteiger partial charge in [0.15, 0.2) is 5.13 Å². The summed E-state index contributed by atoms with van der Waals surface area (Å²) in [5.41, 5.74) is 5.21. The molecule has 1 aromatic heterocycles. The molecule has 1 aromatic carbocycles. The summed E-state index contributed by atoms with van der Waals surface area (Å²) in [6.07, 6.45) is 2.36. The quantitative estimate of drug-likeness (QED) is 0.480. The van der Waals surface area contributed by atoms with Gasteiger partial charge < -0.3 is 4.90 Å². The molecule has 0 saturated carbocycles. The second-order valence-electron chi connectivity index (χ2n) is 10.3. The average Bonchev–Trinajstić information content (AvgIpc) is 3.11. The van der Waals surface area contributed by atoms with E-state index in [4.69, 9.17) is 4.98 Å². The van der Waals surface area contributed by atoms with Gasteiger partial charge in [-0.05, 0) is 49.3 Å². The second kappa shape index (κ2) is 7.91. The number of anilines is 2. The molecule has 3 heteroatoms. The van der Waals surface area contributed by atoms with Crippen molar-refractivity contribution in [2.75, 3.05) is 11.4 Å². The largest absolute Gasteiger partial charge is 0.318 e. The van der Waals surface area contributed by atoms with E-state index in [9.17, 15) is 0 Å². The summed E-state index contributed by atoms with van der Waals surface area (Å²) >= 11 is 1.91. The lowest BCUT2D eigenvalue weighted by Gasteiger charge is -2.44. The Bertz CT molecular complexity index is 875. The minimum atomic E-state index is 0.160. The molecule has 0 amide bonds. The van der Waals surface area contributed by atoms with Crippen LogP contribution in [-0.4, -0.2) is 11.5 Å². The van der Waals surface area contributed by atoms with Crippen LogP contribution in [0.5, 0.6) is 0 Å². The molecule has 1 aliphatic rings. The van der Waals surface area contributed by atoms with Crippen molar-refractivity contribution in [3.05, 3.63) is 47.0 Å². The summed E-state index contributed by atoms with van der Waals surface area (Å²) in [4.78, 5) is 9.25. The van der Waals surface area contributed by atoms with Gasteiger partial charge >= 0.3 is 0 Å². The van der Waals surface area contributed by atoms with Gasteiger partial charge in [0.1, 0.15) is 0 Å². The molecule has 2 aromatic rings. The number of hydrogen-bond acceptors (Lipinski definition) is 3. The molecule has 0 saturated heterocycles. The van der Waals surface area contributed by atoms with Gasteiger partial charge in [0, 0.05) is 27.9 Å². The molecular weight excluding hydrogens is 372 g/mol. The number of fused-ring (bicyclic) bond motifs is 1. The van der Waals surface area contributed by atoms with E-state index in [1.54, 1.807) is 0 Å². The fraction of sp³-hybridized carbons (Fsp3) is 0.577. The standard InChI is InChI=1S/C26H38N2S/c1-10-26(9)19(6)15-25(7,8)23-22(26)27-24(29-23)28(16-17(2)3)21-13-11-20(12-14-21)18(4)5/h11-14,17,19H,4,10,15-16H2,1-3,5-9H3. The average molecular weight is 411 g/mol. The van der Waals surface area contributed by atoms with Crippen LogP contribution >= 0.6 is 11.3 Å². The van der Waals surface area contributed by atoms with Gasteiger partial charge in [-0.25, -0.2) is 4.98 Å². The number of nitrogens with zero attached hydrogens (tertiary/aromatic N) is 2. The molecule has 158 valence electrons. The molecule has 0 bridgehead atoms. The van der Waals surface area contributed by atoms with Gasteiger partial charge in [-0.1, -0.05) is 72.8 Å². The Morgan fingerprint density at radius 1 is 1.24 bits per heavy atom. The zero-order valence-electron chi connectivity index (χ0n) is 19.6. The van der Waals surface area contributed by atoms with Crippen LogP contribution in [0.15, 0.2) is 30.8 Å². The van der Waals surface area contributed by atoms with Crippen molar-refractivity contribution < 1.29 is 0 Å². The van der Waals surface area contributed by atoms with Gasteiger partial charge in [0.2, 0.25) is 0 Å². The van der Waals surface area contributed by atoms with Crippen LogP contribution in [0.1, 0.15) is 84.4 Å². The summed E-state index contributed by atoms with van der Waals surface area (Å²) in [5, 5.41) is 1.15. The Kier molecular flexibility index (Phi) is 6.02. The highest BCUT2D eigenvalue weighted by atomic mass is 32.1. The third kappa shape index (κ3) is 4.03. The lowest BCUT2D eigenvalue weighted by atomic mass is 9.61. The molecule has 0 N–H and O–H groups in total. The fourth-order valence-corrected chi connectivity index (χ4v) is 6.03.